The van der Waals surface area contributed by atoms with Gasteiger partial charge in [0.2, 0.25) is 0 Å². The second-order valence-corrected chi connectivity index (χ2v) is 5.54. The van der Waals surface area contributed by atoms with Crippen molar-refractivity contribution in [2.45, 2.75) is 44.6 Å². The van der Waals surface area contributed by atoms with E-state index in [4.69, 9.17) is 10.5 Å². The maximum absolute atomic E-state index is 6.14. The summed E-state index contributed by atoms with van der Waals surface area (Å²) in [6.45, 7) is 2.95. The Hall–Kier alpha value is -1.22. The predicted octanol–water partition coefficient (Wildman–Crippen LogP) is 3.40. The highest BCUT2D eigenvalue weighted by molar-refractivity contribution is 5.58. The van der Waals surface area contributed by atoms with Gasteiger partial charge in [-0.25, -0.2) is 0 Å². The highest BCUT2D eigenvalue weighted by atomic mass is 16.5. The van der Waals surface area contributed by atoms with Crippen LogP contribution in [0, 0.1) is 5.92 Å². The number of methoxy groups -OCH3 is 1. The van der Waals surface area contributed by atoms with Crippen LogP contribution in [-0.4, -0.2) is 19.2 Å². The lowest BCUT2D eigenvalue weighted by atomic mass is 9.71. The number of benzene rings is 1. The minimum atomic E-state index is 0.0294. The molecule has 0 bridgehead atoms. The molecular weight excluding hydrogens is 236 g/mol. The molecule has 0 aromatic heterocycles. The van der Waals surface area contributed by atoms with E-state index in [0.717, 1.165) is 17.9 Å². The highest BCUT2D eigenvalue weighted by Gasteiger charge is 2.38. The van der Waals surface area contributed by atoms with Gasteiger partial charge in [-0.2, -0.15) is 0 Å². The van der Waals surface area contributed by atoms with Crippen molar-refractivity contribution >= 4 is 5.69 Å². The molecule has 1 saturated carbocycles. The van der Waals surface area contributed by atoms with Gasteiger partial charge in [0.1, 0.15) is 5.75 Å². The molecule has 3 N–H and O–H groups in total. The molecule has 2 atom stereocenters. The number of para-hydroxylation sites is 2. The standard InChI is InChI=1S/C16H26N2O/c1-3-13-8-6-7-11-16(13,12-17)18-14-9-4-5-10-15(14)19-2/h4-5,9-10,13,18H,3,6-8,11-12,17H2,1-2H3. The quantitative estimate of drug-likeness (QED) is 0.855. The summed E-state index contributed by atoms with van der Waals surface area (Å²) < 4.78 is 5.44. The van der Waals surface area contributed by atoms with Crippen molar-refractivity contribution in [2.24, 2.45) is 11.7 Å². The molecule has 1 aromatic rings. The third kappa shape index (κ3) is 2.86. The first-order valence-electron chi connectivity index (χ1n) is 7.37. The van der Waals surface area contributed by atoms with Crippen molar-refractivity contribution in [1.82, 2.24) is 0 Å². The minimum Gasteiger partial charge on any atom is -0.495 e. The van der Waals surface area contributed by atoms with E-state index in [-0.39, 0.29) is 5.54 Å². The number of ether oxygens (including phenoxy) is 1. The Labute approximate surface area is 116 Å². The van der Waals surface area contributed by atoms with Crippen molar-refractivity contribution in [3.63, 3.8) is 0 Å². The van der Waals surface area contributed by atoms with Gasteiger partial charge >= 0.3 is 0 Å². The van der Waals surface area contributed by atoms with Gasteiger partial charge in [0.15, 0.2) is 0 Å². The van der Waals surface area contributed by atoms with Gasteiger partial charge < -0.3 is 15.8 Å². The van der Waals surface area contributed by atoms with E-state index in [2.05, 4.69) is 18.3 Å². The van der Waals surface area contributed by atoms with Crippen LogP contribution in [0.3, 0.4) is 0 Å². The number of rotatable bonds is 5. The average molecular weight is 262 g/mol. The van der Waals surface area contributed by atoms with Crippen molar-refractivity contribution in [2.75, 3.05) is 19.0 Å². The zero-order chi connectivity index (χ0) is 13.7. The van der Waals surface area contributed by atoms with Gasteiger partial charge in [-0.05, 0) is 30.9 Å². The molecule has 0 radical (unpaired) electrons. The fourth-order valence-electron chi connectivity index (χ4n) is 3.41. The molecule has 0 aliphatic heterocycles. The van der Waals surface area contributed by atoms with Crippen LogP contribution in [0.5, 0.6) is 5.75 Å². The number of nitrogens with one attached hydrogen (secondary N) is 1. The summed E-state index contributed by atoms with van der Waals surface area (Å²) in [6.07, 6.45) is 6.19. The summed E-state index contributed by atoms with van der Waals surface area (Å²) in [7, 11) is 1.72. The molecule has 0 saturated heterocycles. The summed E-state index contributed by atoms with van der Waals surface area (Å²) >= 11 is 0. The Balaban J connectivity index is 2.26. The van der Waals surface area contributed by atoms with Crippen molar-refractivity contribution in [1.29, 1.82) is 0 Å². The number of hydrogen-bond acceptors (Lipinski definition) is 3. The fourth-order valence-corrected chi connectivity index (χ4v) is 3.41. The Morgan fingerprint density at radius 2 is 2.16 bits per heavy atom. The number of hydrogen-bond donors (Lipinski definition) is 2. The van der Waals surface area contributed by atoms with Crippen molar-refractivity contribution < 1.29 is 4.74 Å². The van der Waals surface area contributed by atoms with Gasteiger partial charge in [0.05, 0.1) is 18.3 Å². The lowest BCUT2D eigenvalue weighted by Gasteiger charge is -2.45. The topological polar surface area (TPSA) is 47.3 Å². The molecule has 1 aromatic carbocycles. The van der Waals surface area contributed by atoms with E-state index in [1.165, 1.54) is 25.7 Å². The Kier molecular flexibility index (Phi) is 4.70. The van der Waals surface area contributed by atoms with Crippen LogP contribution in [0.4, 0.5) is 5.69 Å². The smallest absolute Gasteiger partial charge is 0.141 e. The minimum absolute atomic E-state index is 0.0294. The molecule has 3 heteroatoms. The van der Waals surface area contributed by atoms with E-state index in [1.807, 2.05) is 18.2 Å². The van der Waals surface area contributed by atoms with Gasteiger partial charge in [0.25, 0.3) is 0 Å². The third-order valence-corrected chi connectivity index (χ3v) is 4.55. The first kappa shape index (κ1) is 14.2. The third-order valence-electron chi connectivity index (χ3n) is 4.55. The average Bonchev–Trinajstić information content (AvgIpc) is 2.48. The Morgan fingerprint density at radius 1 is 1.37 bits per heavy atom. The summed E-state index contributed by atoms with van der Waals surface area (Å²) in [4.78, 5) is 0. The molecule has 19 heavy (non-hydrogen) atoms. The van der Waals surface area contributed by atoms with Gasteiger partial charge in [0, 0.05) is 6.54 Å². The fraction of sp³-hybridized carbons (Fsp3) is 0.625. The van der Waals surface area contributed by atoms with E-state index >= 15 is 0 Å². The second kappa shape index (κ2) is 6.29. The Bertz CT molecular complexity index is 407. The van der Waals surface area contributed by atoms with Crippen LogP contribution in [0.2, 0.25) is 0 Å². The molecule has 1 aliphatic rings. The van der Waals surface area contributed by atoms with Crippen LogP contribution < -0.4 is 15.8 Å². The van der Waals surface area contributed by atoms with Gasteiger partial charge in [-0.3, -0.25) is 0 Å². The summed E-state index contributed by atoms with van der Waals surface area (Å²) in [5.41, 5.74) is 7.24. The van der Waals surface area contributed by atoms with Gasteiger partial charge in [-0.1, -0.05) is 38.3 Å². The monoisotopic (exact) mass is 262 g/mol. The maximum atomic E-state index is 6.14. The molecule has 1 fully saturated rings. The van der Waals surface area contributed by atoms with Crippen LogP contribution in [-0.2, 0) is 0 Å². The zero-order valence-corrected chi connectivity index (χ0v) is 12.1. The molecular formula is C16H26N2O. The van der Waals surface area contributed by atoms with Crippen molar-refractivity contribution in [3.05, 3.63) is 24.3 Å². The Morgan fingerprint density at radius 3 is 2.84 bits per heavy atom. The second-order valence-electron chi connectivity index (χ2n) is 5.54. The summed E-state index contributed by atoms with van der Waals surface area (Å²) in [5.74, 6) is 1.55. The van der Waals surface area contributed by atoms with Crippen LogP contribution in [0.1, 0.15) is 39.0 Å². The molecule has 0 amide bonds. The van der Waals surface area contributed by atoms with Crippen LogP contribution >= 0.6 is 0 Å². The van der Waals surface area contributed by atoms with Crippen LogP contribution in [0.25, 0.3) is 0 Å². The lowest BCUT2D eigenvalue weighted by Crippen LogP contribution is -2.53. The molecule has 106 valence electrons. The maximum Gasteiger partial charge on any atom is 0.141 e. The van der Waals surface area contributed by atoms with E-state index < -0.39 is 0 Å². The SMILES string of the molecule is CCC1CCCCC1(CN)Nc1ccccc1OC. The molecule has 3 nitrogen and oxygen atoms in total. The van der Waals surface area contributed by atoms with E-state index in [0.29, 0.717) is 12.5 Å². The highest BCUT2D eigenvalue weighted by Crippen LogP contribution is 2.39. The lowest BCUT2D eigenvalue weighted by molar-refractivity contribution is 0.211. The molecule has 1 aliphatic carbocycles. The summed E-state index contributed by atoms with van der Waals surface area (Å²) in [6, 6.07) is 8.12. The number of nitrogens with two attached hydrogens (primary N) is 1. The summed E-state index contributed by atoms with van der Waals surface area (Å²) in [5, 5.41) is 3.71. The van der Waals surface area contributed by atoms with E-state index in [1.54, 1.807) is 7.11 Å². The first-order chi connectivity index (χ1) is 9.25. The zero-order valence-electron chi connectivity index (χ0n) is 12.1. The first-order valence-corrected chi connectivity index (χ1v) is 7.37. The molecule has 0 spiro atoms. The predicted molar refractivity (Wildman–Crippen MR) is 80.7 cm³/mol. The number of anilines is 1. The van der Waals surface area contributed by atoms with Crippen molar-refractivity contribution in [3.8, 4) is 5.75 Å². The van der Waals surface area contributed by atoms with Crippen LogP contribution in [0.15, 0.2) is 24.3 Å². The van der Waals surface area contributed by atoms with E-state index in [9.17, 15) is 0 Å². The molecule has 2 rings (SSSR count). The molecule has 2 unspecified atom stereocenters. The normalized spacial score (nSPS) is 27.0. The molecule has 0 heterocycles. The van der Waals surface area contributed by atoms with Gasteiger partial charge in [-0.15, -0.1) is 0 Å². The largest absolute Gasteiger partial charge is 0.495 e.